The average molecular weight is 383 g/mol. The van der Waals surface area contributed by atoms with E-state index in [0.29, 0.717) is 13.0 Å². The first-order valence-electron chi connectivity index (χ1n) is 12.5. The van der Waals surface area contributed by atoms with Gasteiger partial charge in [0.05, 0.1) is 6.61 Å². The second-order valence-electron chi connectivity index (χ2n) is 8.33. The maximum absolute atomic E-state index is 11.4. The van der Waals surface area contributed by atoms with Gasteiger partial charge in [-0.1, -0.05) is 129 Å². The van der Waals surface area contributed by atoms with Crippen molar-refractivity contribution in [1.82, 2.24) is 0 Å². The van der Waals surface area contributed by atoms with Crippen LogP contribution in [0.25, 0.3) is 0 Å². The fourth-order valence-electron chi connectivity index (χ4n) is 3.64. The number of carbonyl (C=O) groups is 1. The molecule has 0 saturated heterocycles. The molecule has 2 heteroatoms. The highest BCUT2D eigenvalue weighted by Gasteiger charge is 2.01. The van der Waals surface area contributed by atoms with Crippen LogP contribution in [0.15, 0.2) is 0 Å². The molecule has 0 aromatic heterocycles. The Labute approximate surface area is 171 Å². The van der Waals surface area contributed by atoms with Gasteiger partial charge in [-0.3, -0.25) is 4.79 Å². The van der Waals surface area contributed by atoms with E-state index in [4.69, 9.17) is 4.74 Å². The Morgan fingerprint density at radius 2 is 0.815 bits per heavy atom. The van der Waals surface area contributed by atoms with Crippen molar-refractivity contribution in [3.8, 4) is 0 Å². The minimum absolute atomic E-state index is 0.0103. The van der Waals surface area contributed by atoms with Gasteiger partial charge in [-0.25, -0.2) is 0 Å². The number of hydrogen-bond acceptors (Lipinski definition) is 2. The zero-order valence-corrected chi connectivity index (χ0v) is 18.9. The molecule has 0 bridgehead atoms. The van der Waals surface area contributed by atoms with E-state index in [-0.39, 0.29) is 5.97 Å². The Balaban J connectivity index is 3.04. The molecular formula is C25H50O2. The summed E-state index contributed by atoms with van der Waals surface area (Å²) in [4.78, 5) is 11.4. The molecule has 0 atom stereocenters. The molecule has 27 heavy (non-hydrogen) atoms. The predicted octanol–water partition coefficient (Wildman–Crippen LogP) is 8.76. The summed E-state index contributed by atoms with van der Waals surface area (Å²) in [5.74, 6) is -0.0103. The van der Waals surface area contributed by atoms with E-state index in [9.17, 15) is 4.79 Å². The average Bonchev–Trinajstić information content (AvgIpc) is 2.68. The van der Waals surface area contributed by atoms with Crippen molar-refractivity contribution < 1.29 is 9.53 Å². The van der Waals surface area contributed by atoms with Crippen LogP contribution in [0.1, 0.15) is 149 Å². The normalized spacial score (nSPS) is 11.0. The predicted molar refractivity (Wildman–Crippen MR) is 119 cm³/mol. The maximum Gasteiger partial charge on any atom is 0.305 e. The number of rotatable bonds is 22. The lowest BCUT2D eigenvalue weighted by atomic mass is 10.0. The number of carbonyl (C=O) groups excluding carboxylic acids is 1. The highest BCUT2D eigenvalue weighted by atomic mass is 16.5. The maximum atomic E-state index is 11.4. The van der Waals surface area contributed by atoms with Gasteiger partial charge >= 0.3 is 5.97 Å². The third kappa shape index (κ3) is 23.4. The standard InChI is InChI=1S/C25H50O2/c1-3-5-6-7-8-9-10-11-12-13-14-15-16-17-18-19-20-21-22-23-25(26)27-24-4-2/h3-24H2,1-2H3. The fourth-order valence-corrected chi connectivity index (χ4v) is 3.64. The quantitative estimate of drug-likeness (QED) is 0.138. The van der Waals surface area contributed by atoms with E-state index in [1.807, 2.05) is 6.92 Å². The Hall–Kier alpha value is -0.530. The molecule has 0 amide bonds. The smallest absolute Gasteiger partial charge is 0.305 e. The van der Waals surface area contributed by atoms with E-state index >= 15 is 0 Å². The van der Waals surface area contributed by atoms with E-state index in [1.165, 1.54) is 116 Å². The molecule has 0 aromatic carbocycles. The first-order chi connectivity index (χ1) is 13.3. The largest absolute Gasteiger partial charge is 0.466 e. The van der Waals surface area contributed by atoms with Gasteiger partial charge < -0.3 is 4.74 Å². The molecule has 0 aliphatic heterocycles. The zero-order chi connectivity index (χ0) is 19.8. The molecule has 0 aromatic rings. The van der Waals surface area contributed by atoms with Crippen LogP contribution in [0.3, 0.4) is 0 Å². The SMILES string of the molecule is CCCCCCCCCCCCCCCCCCCCCC(=O)OCCC. The Morgan fingerprint density at radius 1 is 0.481 bits per heavy atom. The van der Waals surface area contributed by atoms with Crippen LogP contribution in [0.2, 0.25) is 0 Å². The second-order valence-corrected chi connectivity index (χ2v) is 8.33. The van der Waals surface area contributed by atoms with Gasteiger partial charge in [0.2, 0.25) is 0 Å². The van der Waals surface area contributed by atoms with Gasteiger partial charge in [0.1, 0.15) is 0 Å². The van der Waals surface area contributed by atoms with Gasteiger partial charge in [-0.15, -0.1) is 0 Å². The first kappa shape index (κ1) is 26.5. The van der Waals surface area contributed by atoms with Crippen LogP contribution in [-0.2, 0) is 9.53 Å². The third-order valence-corrected chi connectivity index (χ3v) is 5.45. The Bertz CT molecular complexity index is 288. The van der Waals surface area contributed by atoms with Gasteiger partial charge in [0.15, 0.2) is 0 Å². The van der Waals surface area contributed by atoms with Crippen molar-refractivity contribution in [1.29, 1.82) is 0 Å². The number of hydrogen-bond donors (Lipinski definition) is 0. The lowest BCUT2D eigenvalue weighted by Crippen LogP contribution is -2.04. The molecule has 0 saturated carbocycles. The summed E-state index contributed by atoms with van der Waals surface area (Å²) in [7, 11) is 0. The molecule has 0 rings (SSSR count). The summed E-state index contributed by atoms with van der Waals surface area (Å²) < 4.78 is 5.09. The van der Waals surface area contributed by atoms with Crippen LogP contribution >= 0.6 is 0 Å². The summed E-state index contributed by atoms with van der Waals surface area (Å²) in [5, 5.41) is 0. The minimum Gasteiger partial charge on any atom is -0.466 e. The summed E-state index contributed by atoms with van der Waals surface area (Å²) in [6.07, 6.45) is 27.8. The molecule has 0 unspecified atom stereocenters. The lowest BCUT2D eigenvalue weighted by Gasteiger charge is -2.04. The van der Waals surface area contributed by atoms with Crippen molar-refractivity contribution in [2.75, 3.05) is 6.61 Å². The van der Waals surface area contributed by atoms with Crippen molar-refractivity contribution in [3.63, 3.8) is 0 Å². The van der Waals surface area contributed by atoms with Crippen molar-refractivity contribution in [2.24, 2.45) is 0 Å². The zero-order valence-electron chi connectivity index (χ0n) is 18.9. The highest BCUT2D eigenvalue weighted by Crippen LogP contribution is 2.14. The van der Waals surface area contributed by atoms with Gasteiger partial charge in [-0.2, -0.15) is 0 Å². The molecule has 0 spiro atoms. The third-order valence-electron chi connectivity index (χ3n) is 5.45. The molecule has 0 radical (unpaired) electrons. The molecule has 0 N–H and O–H groups in total. The topological polar surface area (TPSA) is 26.3 Å². The first-order valence-corrected chi connectivity index (χ1v) is 12.5. The summed E-state index contributed by atoms with van der Waals surface area (Å²) in [6.45, 7) is 4.90. The van der Waals surface area contributed by atoms with Gasteiger partial charge in [0.25, 0.3) is 0 Å². The lowest BCUT2D eigenvalue weighted by molar-refractivity contribution is -0.143. The van der Waals surface area contributed by atoms with Gasteiger partial charge in [-0.05, 0) is 12.8 Å². The molecule has 0 aliphatic carbocycles. The molecule has 0 heterocycles. The van der Waals surface area contributed by atoms with E-state index in [2.05, 4.69) is 6.92 Å². The van der Waals surface area contributed by atoms with Crippen LogP contribution in [0.5, 0.6) is 0 Å². The molecule has 0 aliphatic rings. The highest BCUT2D eigenvalue weighted by molar-refractivity contribution is 5.69. The Kier molecular flexibility index (Phi) is 23.0. The minimum atomic E-state index is -0.0103. The summed E-state index contributed by atoms with van der Waals surface area (Å²) >= 11 is 0. The van der Waals surface area contributed by atoms with Crippen molar-refractivity contribution >= 4 is 5.97 Å². The van der Waals surface area contributed by atoms with E-state index in [0.717, 1.165) is 12.8 Å². The molecule has 0 fully saturated rings. The van der Waals surface area contributed by atoms with Crippen LogP contribution in [0.4, 0.5) is 0 Å². The molecule has 2 nitrogen and oxygen atoms in total. The van der Waals surface area contributed by atoms with E-state index in [1.54, 1.807) is 0 Å². The summed E-state index contributed by atoms with van der Waals surface area (Å²) in [5.41, 5.74) is 0. The number of ether oxygens (including phenoxy) is 1. The summed E-state index contributed by atoms with van der Waals surface area (Å²) in [6, 6.07) is 0. The van der Waals surface area contributed by atoms with Gasteiger partial charge in [0, 0.05) is 6.42 Å². The fraction of sp³-hybridized carbons (Fsp3) is 0.960. The number of unbranched alkanes of at least 4 members (excludes halogenated alkanes) is 18. The van der Waals surface area contributed by atoms with E-state index < -0.39 is 0 Å². The van der Waals surface area contributed by atoms with Crippen LogP contribution in [-0.4, -0.2) is 12.6 Å². The monoisotopic (exact) mass is 382 g/mol. The molecular weight excluding hydrogens is 332 g/mol. The molecule has 162 valence electrons. The number of esters is 1. The van der Waals surface area contributed by atoms with Crippen LogP contribution < -0.4 is 0 Å². The van der Waals surface area contributed by atoms with Crippen LogP contribution in [0, 0.1) is 0 Å². The van der Waals surface area contributed by atoms with Crippen molar-refractivity contribution in [3.05, 3.63) is 0 Å². The van der Waals surface area contributed by atoms with Crippen molar-refractivity contribution in [2.45, 2.75) is 149 Å². The second kappa shape index (κ2) is 23.5. The Morgan fingerprint density at radius 3 is 1.15 bits per heavy atom.